The molecule has 1 aliphatic rings. The average molecular weight is 230 g/mol. The molecule has 88 valence electrons. The smallest absolute Gasteiger partial charge is 0.220 e. The molecule has 0 unspecified atom stereocenters. The number of nitrogens with two attached hydrogens (primary N) is 1. The van der Waals surface area contributed by atoms with Crippen LogP contribution in [0.15, 0.2) is 18.3 Å². The number of rotatable bonds is 2. The van der Waals surface area contributed by atoms with E-state index < -0.39 is 0 Å². The number of amides is 1. The van der Waals surface area contributed by atoms with Crippen LogP contribution in [0, 0.1) is 17.2 Å². The Balaban J connectivity index is 2.00. The van der Waals surface area contributed by atoms with Crippen molar-refractivity contribution in [2.45, 2.75) is 12.8 Å². The normalized spacial score (nSPS) is 16.5. The van der Waals surface area contributed by atoms with Crippen molar-refractivity contribution in [2.75, 3.05) is 18.0 Å². The molecular formula is C12H14N4O. The molecule has 1 aromatic heterocycles. The highest BCUT2D eigenvalue weighted by Crippen LogP contribution is 2.22. The van der Waals surface area contributed by atoms with Crippen molar-refractivity contribution in [2.24, 2.45) is 11.7 Å². The molecule has 2 heterocycles. The number of primary amides is 1. The second-order valence-corrected chi connectivity index (χ2v) is 4.18. The second kappa shape index (κ2) is 4.83. The third-order valence-electron chi connectivity index (χ3n) is 3.12. The lowest BCUT2D eigenvalue weighted by Crippen LogP contribution is -2.38. The van der Waals surface area contributed by atoms with Crippen LogP contribution < -0.4 is 10.6 Å². The summed E-state index contributed by atoms with van der Waals surface area (Å²) in [5.74, 6) is -0.208. The van der Waals surface area contributed by atoms with Gasteiger partial charge in [0.1, 0.15) is 11.8 Å². The van der Waals surface area contributed by atoms with E-state index in [1.54, 1.807) is 12.3 Å². The van der Waals surface area contributed by atoms with E-state index in [0.717, 1.165) is 31.6 Å². The second-order valence-electron chi connectivity index (χ2n) is 4.18. The van der Waals surface area contributed by atoms with Gasteiger partial charge >= 0.3 is 0 Å². The molecule has 0 aliphatic carbocycles. The van der Waals surface area contributed by atoms with Crippen molar-refractivity contribution in [3.05, 3.63) is 24.0 Å². The van der Waals surface area contributed by atoms with E-state index in [4.69, 9.17) is 11.0 Å². The third-order valence-corrected chi connectivity index (χ3v) is 3.12. The Labute approximate surface area is 99.9 Å². The van der Waals surface area contributed by atoms with Crippen LogP contribution in [-0.4, -0.2) is 24.0 Å². The summed E-state index contributed by atoms with van der Waals surface area (Å²) in [5, 5.41) is 8.66. The molecule has 0 radical (unpaired) electrons. The van der Waals surface area contributed by atoms with Crippen LogP contribution in [0.5, 0.6) is 0 Å². The Kier molecular flexibility index (Phi) is 3.24. The van der Waals surface area contributed by atoms with Crippen molar-refractivity contribution >= 4 is 11.6 Å². The molecule has 17 heavy (non-hydrogen) atoms. The molecule has 0 aromatic carbocycles. The maximum Gasteiger partial charge on any atom is 0.220 e. The molecule has 1 aromatic rings. The van der Waals surface area contributed by atoms with Gasteiger partial charge in [-0.1, -0.05) is 0 Å². The van der Waals surface area contributed by atoms with Crippen LogP contribution in [0.4, 0.5) is 5.69 Å². The van der Waals surface area contributed by atoms with Crippen LogP contribution in [0.1, 0.15) is 18.5 Å². The highest BCUT2D eigenvalue weighted by molar-refractivity contribution is 5.77. The molecule has 5 nitrogen and oxygen atoms in total. The molecule has 1 saturated heterocycles. The third kappa shape index (κ3) is 2.53. The summed E-state index contributed by atoms with van der Waals surface area (Å²) in [4.78, 5) is 17.2. The van der Waals surface area contributed by atoms with E-state index in [-0.39, 0.29) is 11.8 Å². The quantitative estimate of drug-likeness (QED) is 0.808. The Bertz CT molecular complexity index is 441. The first-order chi connectivity index (χ1) is 8.20. The summed E-state index contributed by atoms with van der Waals surface area (Å²) in [6.45, 7) is 1.61. The molecule has 0 bridgehead atoms. The van der Waals surface area contributed by atoms with Gasteiger partial charge in [-0.25, -0.2) is 4.98 Å². The zero-order valence-electron chi connectivity index (χ0n) is 9.47. The minimum atomic E-state index is -0.206. The van der Waals surface area contributed by atoms with Gasteiger partial charge in [0.25, 0.3) is 0 Å². The number of anilines is 1. The number of pyridine rings is 1. The molecule has 0 saturated carbocycles. The number of nitriles is 1. The Morgan fingerprint density at radius 3 is 2.65 bits per heavy atom. The summed E-state index contributed by atoms with van der Waals surface area (Å²) in [6, 6.07) is 5.58. The topological polar surface area (TPSA) is 83.0 Å². The fraction of sp³-hybridized carbons (Fsp3) is 0.417. The number of hydrogen-bond donors (Lipinski definition) is 1. The minimum absolute atomic E-state index is 0.00223. The van der Waals surface area contributed by atoms with Gasteiger partial charge < -0.3 is 10.6 Å². The highest BCUT2D eigenvalue weighted by atomic mass is 16.1. The number of aromatic nitrogens is 1. The minimum Gasteiger partial charge on any atom is -0.370 e. The van der Waals surface area contributed by atoms with Gasteiger partial charge in [-0.2, -0.15) is 5.26 Å². The van der Waals surface area contributed by atoms with Crippen LogP contribution in [0.2, 0.25) is 0 Å². The van der Waals surface area contributed by atoms with Crippen molar-refractivity contribution in [3.63, 3.8) is 0 Å². The van der Waals surface area contributed by atoms with Gasteiger partial charge in [0.05, 0.1) is 11.9 Å². The lowest BCUT2D eigenvalue weighted by molar-refractivity contribution is -0.122. The molecule has 5 heteroatoms. The molecule has 1 aliphatic heterocycles. The summed E-state index contributed by atoms with van der Waals surface area (Å²) in [6.07, 6.45) is 3.27. The van der Waals surface area contributed by atoms with Crippen LogP contribution in [0.3, 0.4) is 0 Å². The van der Waals surface area contributed by atoms with E-state index in [9.17, 15) is 4.79 Å². The van der Waals surface area contributed by atoms with Crippen molar-refractivity contribution in [1.29, 1.82) is 5.26 Å². The Morgan fingerprint density at radius 2 is 2.18 bits per heavy atom. The summed E-state index contributed by atoms with van der Waals surface area (Å²) < 4.78 is 0. The lowest BCUT2D eigenvalue weighted by Gasteiger charge is -2.32. The van der Waals surface area contributed by atoms with Gasteiger partial charge in [0.15, 0.2) is 0 Å². The average Bonchev–Trinajstić information content (AvgIpc) is 2.39. The van der Waals surface area contributed by atoms with Gasteiger partial charge in [-0.15, -0.1) is 0 Å². The summed E-state index contributed by atoms with van der Waals surface area (Å²) >= 11 is 0. The molecule has 1 amide bonds. The monoisotopic (exact) mass is 230 g/mol. The molecule has 0 spiro atoms. The SMILES string of the molecule is N#Cc1ccc(N2CCC(C(N)=O)CC2)cn1. The molecule has 2 N–H and O–H groups in total. The van der Waals surface area contributed by atoms with E-state index in [2.05, 4.69) is 9.88 Å². The number of hydrogen-bond acceptors (Lipinski definition) is 4. The summed E-state index contributed by atoms with van der Waals surface area (Å²) in [5.41, 5.74) is 6.69. The van der Waals surface area contributed by atoms with E-state index in [1.165, 1.54) is 0 Å². The predicted octanol–water partition coefficient (Wildman–Crippen LogP) is 0.655. The van der Waals surface area contributed by atoms with Crippen LogP contribution >= 0.6 is 0 Å². The predicted molar refractivity (Wildman–Crippen MR) is 63.1 cm³/mol. The first-order valence-electron chi connectivity index (χ1n) is 5.61. The number of carbonyl (C=O) groups is 1. The number of piperidine rings is 1. The van der Waals surface area contributed by atoms with Crippen molar-refractivity contribution in [3.8, 4) is 6.07 Å². The first-order valence-corrected chi connectivity index (χ1v) is 5.61. The van der Waals surface area contributed by atoms with E-state index in [1.807, 2.05) is 12.1 Å². The Hall–Kier alpha value is -2.09. The number of nitrogens with zero attached hydrogens (tertiary/aromatic N) is 3. The zero-order valence-corrected chi connectivity index (χ0v) is 9.47. The van der Waals surface area contributed by atoms with Gasteiger partial charge in [-0.05, 0) is 25.0 Å². The molecule has 1 fully saturated rings. The van der Waals surface area contributed by atoms with Crippen LogP contribution in [0.25, 0.3) is 0 Å². The molecule has 2 rings (SSSR count). The highest BCUT2D eigenvalue weighted by Gasteiger charge is 2.23. The zero-order chi connectivity index (χ0) is 12.3. The largest absolute Gasteiger partial charge is 0.370 e. The Morgan fingerprint density at radius 1 is 1.47 bits per heavy atom. The van der Waals surface area contributed by atoms with Crippen LogP contribution in [-0.2, 0) is 4.79 Å². The molecule has 0 atom stereocenters. The standard InChI is InChI=1S/C12H14N4O/c13-7-10-1-2-11(8-15-10)16-5-3-9(4-6-16)12(14)17/h1-2,8-9H,3-6H2,(H2,14,17). The first kappa shape index (κ1) is 11.4. The van der Waals surface area contributed by atoms with Gasteiger partial charge in [0.2, 0.25) is 5.91 Å². The van der Waals surface area contributed by atoms with Crippen molar-refractivity contribution < 1.29 is 4.79 Å². The van der Waals surface area contributed by atoms with E-state index >= 15 is 0 Å². The molecular weight excluding hydrogens is 216 g/mol. The van der Waals surface area contributed by atoms with Crippen molar-refractivity contribution in [1.82, 2.24) is 4.98 Å². The maximum atomic E-state index is 11.0. The number of carbonyl (C=O) groups excluding carboxylic acids is 1. The fourth-order valence-corrected chi connectivity index (χ4v) is 2.06. The fourth-order valence-electron chi connectivity index (χ4n) is 2.06. The maximum absolute atomic E-state index is 11.0. The van der Waals surface area contributed by atoms with Gasteiger partial charge in [-0.3, -0.25) is 4.79 Å². The van der Waals surface area contributed by atoms with E-state index in [0.29, 0.717) is 5.69 Å². The summed E-state index contributed by atoms with van der Waals surface area (Å²) in [7, 11) is 0. The van der Waals surface area contributed by atoms with Gasteiger partial charge in [0, 0.05) is 19.0 Å². The lowest BCUT2D eigenvalue weighted by atomic mass is 9.96.